The van der Waals surface area contributed by atoms with Crippen molar-refractivity contribution in [2.45, 2.75) is 62.7 Å². The van der Waals surface area contributed by atoms with Crippen molar-refractivity contribution >= 4 is 38.8 Å². The fourth-order valence-corrected chi connectivity index (χ4v) is 9.55. The van der Waals surface area contributed by atoms with E-state index in [1.165, 1.54) is 36.4 Å². The zero-order chi connectivity index (χ0) is 32.3. The quantitative estimate of drug-likeness (QED) is 0.118. The van der Waals surface area contributed by atoms with E-state index >= 15 is 0 Å². The topological polar surface area (TPSA) is 68.1 Å². The zero-order valence-electron chi connectivity index (χ0n) is 24.4. The first-order chi connectivity index (χ1) is 21.2. The van der Waals surface area contributed by atoms with Crippen molar-refractivity contribution in [2.24, 2.45) is 5.41 Å². The van der Waals surface area contributed by atoms with Gasteiger partial charge in [-0.05, 0) is 106 Å². The van der Waals surface area contributed by atoms with E-state index in [2.05, 4.69) is 16.0 Å². The van der Waals surface area contributed by atoms with Crippen LogP contribution < -0.4 is 0 Å². The van der Waals surface area contributed by atoms with Gasteiger partial charge in [0.15, 0.2) is 5.01 Å². The largest absolute Gasteiger partial charge is 0.427 e. The van der Waals surface area contributed by atoms with Crippen LogP contribution in [-0.4, -0.2) is 47.0 Å². The zero-order valence-corrected chi connectivity index (χ0v) is 26.0. The molecule has 0 spiro atoms. The van der Waals surface area contributed by atoms with E-state index in [1.54, 1.807) is 27.3 Å². The molecule has 2 heterocycles. The van der Waals surface area contributed by atoms with Gasteiger partial charge in [0, 0.05) is 17.0 Å². The van der Waals surface area contributed by atoms with Crippen LogP contribution in [0.1, 0.15) is 59.0 Å². The molecule has 1 fully saturated rings. The van der Waals surface area contributed by atoms with Gasteiger partial charge in [0.1, 0.15) is 16.5 Å². The third kappa shape index (κ3) is 5.55. The molecule has 6 rings (SSSR count). The molecule has 0 saturated heterocycles. The standard InChI is InChI=1S/C32H29F5N4O2S2/c1-19(2)41(45(3,43)26-12-7-23(34)8-13-26)25-9-4-21-14-27-20(17-39-40(27)24-10-5-22(33)6-11-24)15-31(21,16-25)29(42)30-38-18-28(44-30)32(35,36)37/h5-8,10-14,17-19,25H,3-4,9,15-16H2,1-2H3/t25-,31-,45?/m0/s1. The normalized spacial score (nSPS) is 21.3. The van der Waals surface area contributed by atoms with E-state index in [4.69, 9.17) is 0 Å². The van der Waals surface area contributed by atoms with Crippen LogP contribution in [0.5, 0.6) is 0 Å². The first-order valence-corrected chi connectivity index (χ1v) is 16.7. The average Bonchev–Trinajstić information content (AvgIpc) is 3.64. The third-order valence-corrected chi connectivity index (χ3v) is 12.0. The molecule has 1 unspecified atom stereocenters. The van der Waals surface area contributed by atoms with Crippen LogP contribution in [0, 0.1) is 17.0 Å². The molecule has 6 nitrogen and oxygen atoms in total. The number of Topliss-reactive ketones (excluding diaryl/α,β-unsaturated/α-hetero) is 1. The maximum atomic E-state index is 14.4. The van der Waals surface area contributed by atoms with E-state index in [0.29, 0.717) is 57.8 Å². The highest BCUT2D eigenvalue weighted by molar-refractivity contribution is 7.98. The Hall–Kier alpha value is -3.68. The highest BCUT2D eigenvalue weighted by atomic mass is 32.2. The van der Waals surface area contributed by atoms with Gasteiger partial charge in [-0.1, -0.05) is 5.57 Å². The summed E-state index contributed by atoms with van der Waals surface area (Å²) >= 11 is 0.309. The summed E-state index contributed by atoms with van der Waals surface area (Å²) in [6, 6.07) is 10.3. The van der Waals surface area contributed by atoms with E-state index in [-0.39, 0.29) is 23.9 Å². The first kappa shape index (κ1) is 31.3. The Bertz CT molecular complexity index is 1890. The molecule has 236 valence electrons. The van der Waals surface area contributed by atoms with Crippen LogP contribution in [0.3, 0.4) is 0 Å². The summed E-state index contributed by atoms with van der Waals surface area (Å²) in [5.41, 5.74) is 1.42. The van der Waals surface area contributed by atoms with Gasteiger partial charge in [-0.15, -0.1) is 11.3 Å². The number of halogens is 5. The monoisotopic (exact) mass is 660 g/mol. The minimum Gasteiger partial charge on any atom is -0.290 e. The second-order valence-corrected chi connectivity index (χ2v) is 14.9. The van der Waals surface area contributed by atoms with Gasteiger partial charge in [-0.25, -0.2) is 27.0 Å². The molecule has 3 atom stereocenters. The van der Waals surface area contributed by atoms with Crippen molar-refractivity contribution in [3.05, 3.63) is 99.3 Å². The Kier molecular flexibility index (Phi) is 7.85. The number of thiazole rings is 1. The molecule has 0 N–H and O–H groups in total. The second kappa shape index (κ2) is 11.3. The summed E-state index contributed by atoms with van der Waals surface area (Å²) in [5, 5.41) is 4.25. The number of ketones is 1. The van der Waals surface area contributed by atoms with Crippen LogP contribution in [-0.2, 0) is 22.3 Å². The van der Waals surface area contributed by atoms with Crippen molar-refractivity contribution in [3.8, 4) is 5.69 Å². The summed E-state index contributed by atoms with van der Waals surface area (Å²) in [5.74, 6) is 2.63. The molecule has 2 aliphatic rings. The molecule has 2 aliphatic carbocycles. The number of alkyl halides is 3. The molecule has 1 saturated carbocycles. The van der Waals surface area contributed by atoms with Gasteiger partial charge in [0.2, 0.25) is 5.78 Å². The van der Waals surface area contributed by atoms with Crippen LogP contribution in [0.15, 0.2) is 71.4 Å². The van der Waals surface area contributed by atoms with Gasteiger partial charge in [-0.2, -0.15) is 18.3 Å². The molecule has 0 radical (unpaired) electrons. The van der Waals surface area contributed by atoms with Crippen molar-refractivity contribution in [3.63, 3.8) is 0 Å². The maximum absolute atomic E-state index is 14.4. The average molecular weight is 661 g/mol. The SMILES string of the molecule is C=S(=O)(c1ccc(F)cc1)N(C(C)C)[C@H]1CCC2=Cc3c(cnn3-c3ccc(F)cc3)C[C@]2(C(=O)c2ncc(C(F)(F)F)s2)C1. The molecule has 13 heteroatoms. The number of hydrogen-bond acceptors (Lipinski definition) is 5. The number of benzene rings is 2. The van der Waals surface area contributed by atoms with E-state index in [9.17, 15) is 31.0 Å². The number of rotatable bonds is 7. The minimum absolute atomic E-state index is 0.131. The number of aromatic nitrogens is 3. The molecule has 45 heavy (non-hydrogen) atoms. The Morgan fingerprint density at radius 2 is 1.73 bits per heavy atom. The molecule has 0 amide bonds. The smallest absolute Gasteiger partial charge is 0.290 e. The van der Waals surface area contributed by atoms with Gasteiger partial charge in [0.05, 0.1) is 38.9 Å². The fraction of sp³-hybridized carbons (Fsp3) is 0.312. The van der Waals surface area contributed by atoms with Gasteiger partial charge in [0.25, 0.3) is 0 Å². The molecule has 2 aromatic heterocycles. The summed E-state index contributed by atoms with van der Waals surface area (Å²) in [6.45, 7) is 3.71. The highest BCUT2D eigenvalue weighted by Crippen LogP contribution is 2.52. The Labute approximate surface area is 261 Å². The predicted molar refractivity (Wildman–Crippen MR) is 164 cm³/mol. The molecule has 0 bridgehead atoms. The summed E-state index contributed by atoms with van der Waals surface area (Å²) < 4.78 is 85.7. The molecule has 0 aliphatic heterocycles. The maximum Gasteiger partial charge on any atom is 0.427 e. The van der Waals surface area contributed by atoms with Crippen LogP contribution >= 0.6 is 11.3 Å². The van der Waals surface area contributed by atoms with Crippen LogP contribution in [0.25, 0.3) is 11.8 Å². The lowest BCUT2D eigenvalue weighted by Crippen LogP contribution is -2.52. The lowest BCUT2D eigenvalue weighted by molar-refractivity contribution is -0.134. The van der Waals surface area contributed by atoms with Gasteiger partial charge < -0.3 is 0 Å². The summed E-state index contributed by atoms with van der Waals surface area (Å²) in [4.78, 5) is 17.7. The number of nitrogens with zero attached hydrogens (tertiary/aromatic N) is 4. The molecular formula is C32H29F5N4O2S2. The highest BCUT2D eigenvalue weighted by Gasteiger charge is 2.52. The lowest BCUT2D eigenvalue weighted by atomic mass is 9.61. The summed E-state index contributed by atoms with van der Waals surface area (Å²) in [7, 11) is -3.16. The van der Waals surface area contributed by atoms with Gasteiger partial charge >= 0.3 is 6.18 Å². The van der Waals surface area contributed by atoms with Gasteiger partial charge in [-0.3, -0.25) is 4.79 Å². The number of hydrogen-bond donors (Lipinski definition) is 0. The van der Waals surface area contributed by atoms with Crippen LogP contribution in [0.2, 0.25) is 0 Å². The number of carbonyl (C=O) groups excluding carboxylic acids is 1. The van der Waals surface area contributed by atoms with Crippen molar-refractivity contribution in [2.75, 3.05) is 0 Å². The van der Waals surface area contributed by atoms with Crippen molar-refractivity contribution in [1.29, 1.82) is 0 Å². The summed E-state index contributed by atoms with van der Waals surface area (Å²) in [6.07, 6.45) is 0.623. The molecule has 2 aromatic carbocycles. The van der Waals surface area contributed by atoms with Crippen LogP contribution in [0.4, 0.5) is 22.0 Å². The number of carbonyl (C=O) groups is 1. The van der Waals surface area contributed by atoms with Crippen molar-refractivity contribution < 1.29 is 31.0 Å². The minimum atomic E-state index is -4.65. The predicted octanol–water partition coefficient (Wildman–Crippen LogP) is 7.39. The third-order valence-electron chi connectivity index (χ3n) is 8.51. The second-order valence-electron chi connectivity index (χ2n) is 11.7. The van der Waals surface area contributed by atoms with E-state index < -0.39 is 49.6 Å². The first-order valence-electron chi connectivity index (χ1n) is 14.2. The Balaban J connectivity index is 1.45. The van der Waals surface area contributed by atoms with E-state index in [1.807, 2.05) is 19.9 Å². The fourth-order valence-electron chi connectivity index (χ4n) is 6.58. The lowest BCUT2D eigenvalue weighted by Gasteiger charge is -2.48. The molecule has 4 aromatic rings. The van der Waals surface area contributed by atoms with E-state index in [0.717, 1.165) is 0 Å². The Morgan fingerprint density at radius 3 is 2.33 bits per heavy atom. The Morgan fingerprint density at radius 1 is 1.09 bits per heavy atom. The molecular weight excluding hydrogens is 632 g/mol. The van der Waals surface area contributed by atoms with Crippen molar-refractivity contribution in [1.82, 2.24) is 19.1 Å². The number of allylic oxidation sites excluding steroid dienone is 1. The number of fused-ring (bicyclic) bond motifs is 2.